The molecule has 0 aliphatic carbocycles. The molecule has 0 unspecified atom stereocenters. The molecule has 0 spiro atoms. The van der Waals surface area contributed by atoms with Gasteiger partial charge < -0.3 is 9.84 Å². The van der Waals surface area contributed by atoms with Gasteiger partial charge in [-0.05, 0) is 31.5 Å². The summed E-state index contributed by atoms with van der Waals surface area (Å²) in [6.45, 7) is 3.92. The molecule has 4 heterocycles. The monoisotopic (exact) mass is 415 g/mol. The number of rotatable bonds is 3. The standard InChI is InChI=1S/C19H17N5O2S.ClH/c1-11-3-2-4-12(7-11)17-22-15(26-23-17)9-24-10-21-18-16(19(24)25)13-5-6-20-8-14(13)27-18;/h2-4,7,10,20H,5-6,8-9H2,1H3;1H. The van der Waals surface area contributed by atoms with Gasteiger partial charge in [-0.2, -0.15) is 4.98 Å². The molecular weight excluding hydrogens is 398 g/mol. The summed E-state index contributed by atoms with van der Waals surface area (Å²) in [4.78, 5) is 23.9. The van der Waals surface area contributed by atoms with Crippen molar-refractivity contribution in [2.75, 3.05) is 6.54 Å². The average molecular weight is 416 g/mol. The number of thiophene rings is 1. The van der Waals surface area contributed by atoms with Crippen LogP contribution in [0.25, 0.3) is 21.6 Å². The number of fused-ring (bicyclic) bond motifs is 3. The lowest BCUT2D eigenvalue weighted by Gasteiger charge is -2.12. The molecule has 0 saturated heterocycles. The summed E-state index contributed by atoms with van der Waals surface area (Å²) in [5.74, 6) is 0.912. The number of nitrogens with zero attached hydrogens (tertiary/aromatic N) is 4. The second kappa shape index (κ2) is 7.46. The highest BCUT2D eigenvalue weighted by Gasteiger charge is 2.20. The van der Waals surface area contributed by atoms with Gasteiger partial charge in [-0.3, -0.25) is 9.36 Å². The van der Waals surface area contributed by atoms with Gasteiger partial charge >= 0.3 is 0 Å². The summed E-state index contributed by atoms with van der Waals surface area (Å²) in [5, 5.41) is 8.12. The zero-order chi connectivity index (χ0) is 18.4. The maximum Gasteiger partial charge on any atom is 0.262 e. The van der Waals surface area contributed by atoms with E-state index in [1.54, 1.807) is 22.2 Å². The second-order valence-corrected chi connectivity index (χ2v) is 7.75. The predicted molar refractivity (Wildman–Crippen MR) is 110 cm³/mol. The lowest BCUT2D eigenvalue weighted by atomic mass is 10.1. The highest BCUT2D eigenvalue weighted by atomic mass is 35.5. The molecule has 4 aromatic rings. The van der Waals surface area contributed by atoms with E-state index < -0.39 is 0 Å². The first-order valence-electron chi connectivity index (χ1n) is 8.79. The molecule has 144 valence electrons. The van der Waals surface area contributed by atoms with Gasteiger partial charge in [-0.15, -0.1) is 23.7 Å². The molecule has 1 aliphatic rings. The Morgan fingerprint density at radius 1 is 1.36 bits per heavy atom. The van der Waals surface area contributed by atoms with E-state index in [4.69, 9.17) is 4.52 Å². The number of hydrogen-bond acceptors (Lipinski definition) is 7. The molecule has 5 rings (SSSR count). The Balaban J connectivity index is 0.00000192. The van der Waals surface area contributed by atoms with E-state index in [9.17, 15) is 4.79 Å². The Morgan fingerprint density at radius 2 is 2.25 bits per heavy atom. The van der Waals surface area contributed by atoms with E-state index in [-0.39, 0.29) is 24.5 Å². The molecule has 28 heavy (non-hydrogen) atoms. The van der Waals surface area contributed by atoms with Gasteiger partial charge in [0.15, 0.2) is 0 Å². The van der Waals surface area contributed by atoms with Gasteiger partial charge in [0.25, 0.3) is 5.56 Å². The largest absolute Gasteiger partial charge is 0.337 e. The van der Waals surface area contributed by atoms with E-state index in [0.29, 0.717) is 11.7 Å². The van der Waals surface area contributed by atoms with Crippen LogP contribution in [0.5, 0.6) is 0 Å². The van der Waals surface area contributed by atoms with E-state index in [1.165, 1.54) is 4.88 Å². The van der Waals surface area contributed by atoms with Crippen LogP contribution in [0.3, 0.4) is 0 Å². The zero-order valence-corrected chi connectivity index (χ0v) is 16.8. The smallest absolute Gasteiger partial charge is 0.262 e. The molecule has 0 radical (unpaired) electrons. The lowest BCUT2D eigenvalue weighted by molar-refractivity contribution is 0.369. The van der Waals surface area contributed by atoms with Gasteiger partial charge in [0, 0.05) is 17.0 Å². The Bertz CT molecular complexity index is 1210. The minimum absolute atomic E-state index is 0. The second-order valence-electron chi connectivity index (χ2n) is 6.67. The van der Waals surface area contributed by atoms with Crippen molar-refractivity contribution in [3.63, 3.8) is 0 Å². The van der Waals surface area contributed by atoms with Crippen molar-refractivity contribution in [2.24, 2.45) is 0 Å². The Labute approximate surface area is 170 Å². The first kappa shape index (κ1) is 18.8. The van der Waals surface area contributed by atoms with Crippen molar-refractivity contribution in [1.82, 2.24) is 25.0 Å². The number of benzene rings is 1. The van der Waals surface area contributed by atoms with Crippen LogP contribution in [-0.4, -0.2) is 26.2 Å². The first-order chi connectivity index (χ1) is 13.2. The summed E-state index contributed by atoms with van der Waals surface area (Å²) in [7, 11) is 0. The number of nitrogens with one attached hydrogen (secondary N) is 1. The van der Waals surface area contributed by atoms with E-state index in [0.717, 1.165) is 46.4 Å². The van der Waals surface area contributed by atoms with Crippen molar-refractivity contribution in [3.8, 4) is 11.4 Å². The average Bonchev–Trinajstić information content (AvgIpc) is 3.29. The third-order valence-corrected chi connectivity index (χ3v) is 5.89. The summed E-state index contributed by atoms with van der Waals surface area (Å²) in [6.07, 6.45) is 2.42. The number of aryl methyl sites for hydroxylation is 1. The lowest BCUT2D eigenvalue weighted by Crippen LogP contribution is -2.25. The number of aromatic nitrogens is 4. The van der Waals surface area contributed by atoms with Crippen LogP contribution in [0.1, 0.15) is 21.9 Å². The van der Waals surface area contributed by atoms with Gasteiger partial charge in [-0.25, -0.2) is 4.98 Å². The molecule has 7 nitrogen and oxygen atoms in total. The molecule has 9 heteroatoms. The van der Waals surface area contributed by atoms with Crippen molar-refractivity contribution in [3.05, 3.63) is 62.8 Å². The van der Waals surface area contributed by atoms with Gasteiger partial charge in [-0.1, -0.05) is 28.9 Å². The third kappa shape index (κ3) is 3.23. The predicted octanol–water partition coefficient (Wildman–Crippen LogP) is 2.93. The van der Waals surface area contributed by atoms with Crippen molar-refractivity contribution in [2.45, 2.75) is 26.4 Å². The summed E-state index contributed by atoms with van der Waals surface area (Å²) < 4.78 is 6.91. The van der Waals surface area contributed by atoms with Gasteiger partial charge in [0.05, 0.1) is 11.7 Å². The summed E-state index contributed by atoms with van der Waals surface area (Å²) in [5.41, 5.74) is 3.10. The molecule has 1 aromatic carbocycles. The first-order valence-corrected chi connectivity index (χ1v) is 9.61. The normalized spacial score (nSPS) is 13.3. The highest BCUT2D eigenvalue weighted by molar-refractivity contribution is 7.18. The van der Waals surface area contributed by atoms with E-state index in [2.05, 4.69) is 20.4 Å². The molecule has 1 N–H and O–H groups in total. The molecule has 0 saturated carbocycles. The van der Waals surface area contributed by atoms with Crippen molar-refractivity contribution < 1.29 is 4.52 Å². The van der Waals surface area contributed by atoms with E-state index in [1.807, 2.05) is 31.2 Å². The Hall–Kier alpha value is -2.55. The van der Waals surface area contributed by atoms with Crippen LogP contribution in [0.4, 0.5) is 0 Å². The SMILES string of the molecule is Cc1cccc(-c2noc(Cn3cnc4sc5c(c4c3=O)CCNC5)n2)c1.Cl. The van der Waals surface area contributed by atoms with Crippen LogP contribution in [0.2, 0.25) is 0 Å². The minimum Gasteiger partial charge on any atom is -0.337 e. The topological polar surface area (TPSA) is 85.8 Å². The molecule has 1 aliphatic heterocycles. The van der Waals surface area contributed by atoms with Crippen LogP contribution >= 0.6 is 23.7 Å². The highest BCUT2D eigenvalue weighted by Crippen LogP contribution is 2.29. The van der Waals surface area contributed by atoms with Crippen molar-refractivity contribution in [1.29, 1.82) is 0 Å². The summed E-state index contributed by atoms with van der Waals surface area (Å²) >= 11 is 1.59. The van der Waals surface area contributed by atoms with Crippen molar-refractivity contribution >= 4 is 34.0 Å². The minimum atomic E-state index is -0.0466. The fourth-order valence-corrected chi connectivity index (χ4v) is 4.58. The van der Waals surface area contributed by atoms with Gasteiger partial charge in [0.1, 0.15) is 11.4 Å². The quantitative estimate of drug-likeness (QED) is 0.553. The molecule has 0 amide bonds. The Kier molecular flexibility index (Phi) is 5.01. The number of hydrogen-bond donors (Lipinski definition) is 1. The maximum absolute atomic E-state index is 13.0. The van der Waals surface area contributed by atoms with Crippen LogP contribution in [0.15, 0.2) is 39.9 Å². The Morgan fingerprint density at radius 3 is 3.11 bits per heavy atom. The third-order valence-electron chi connectivity index (χ3n) is 4.75. The molecule has 0 bridgehead atoms. The van der Waals surface area contributed by atoms with Crippen LogP contribution in [0, 0.1) is 6.92 Å². The number of halogens is 1. The van der Waals surface area contributed by atoms with Crippen LogP contribution < -0.4 is 10.9 Å². The molecule has 0 fully saturated rings. The zero-order valence-electron chi connectivity index (χ0n) is 15.1. The fraction of sp³-hybridized carbons (Fsp3) is 0.263. The summed E-state index contributed by atoms with van der Waals surface area (Å²) in [6, 6.07) is 7.91. The molecule has 3 aromatic heterocycles. The molecular formula is C19H18ClN5O2S. The van der Waals surface area contributed by atoms with E-state index >= 15 is 0 Å². The van der Waals surface area contributed by atoms with Crippen LogP contribution in [-0.2, 0) is 19.5 Å². The van der Waals surface area contributed by atoms with Gasteiger partial charge in [0.2, 0.25) is 11.7 Å². The molecule has 0 atom stereocenters. The fourth-order valence-electron chi connectivity index (χ4n) is 3.43. The maximum atomic E-state index is 13.0.